The number of aromatic nitrogens is 2. The van der Waals surface area contributed by atoms with Gasteiger partial charge in [0, 0.05) is 12.4 Å². The van der Waals surface area contributed by atoms with Crippen LogP contribution in [0.4, 0.5) is 0 Å². The standard InChI is InChI=1S/C11H14N2.C2H6/c1-8(2)11-9-6-4-5-7-10(9)13(3)12-11;1-2/h4-8H,1-3H3;1-2H3. The average molecular weight is 204 g/mol. The molecule has 0 saturated heterocycles. The molecule has 1 heterocycles. The Morgan fingerprint density at radius 3 is 2.33 bits per heavy atom. The van der Waals surface area contributed by atoms with Crippen LogP contribution in [0, 0.1) is 0 Å². The van der Waals surface area contributed by atoms with Crippen molar-refractivity contribution in [1.29, 1.82) is 0 Å². The van der Waals surface area contributed by atoms with Crippen LogP contribution in [-0.4, -0.2) is 9.78 Å². The molecule has 0 aliphatic carbocycles. The van der Waals surface area contributed by atoms with Gasteiger partial charge >= 0.3 is 0 Å². The highest BCUT2D eigenvalue weighted by atomic mass is 15.3. The maximum Gasteiger partial charge on any atom is 0.0728 e. The first kappa shape index (κ1) is 11.8. The van der Waals surface area contributed by atoms with Crippen molar-refractivity contribution in [2.75, 3.05) is 0 Å². The van der Waals surface area contributed by atoms with Crippen LogP contribution in [-0.2, 0) is 7.05 Å². The summed E-state index contributed by atoms with van der Waals surface area (Å²) >= 11 is 0. The largest absolute Gasteiger partial charge is 0.268 e. The number of hydrogen-bond acceptors (Lipinski definition) is 1. The fourth-order valence-corrected chi connectivity index (χ4v) is 1.67. The third-order valence-electron chi connectivity index (χ3n) is 2.33. The second kappa shape index (κ2) is 4.96. The zero-order chi connectivity index (χ0) is 11.4. The summed E-state index contributed by atoms with van der Waals surface area (Å²) in [5, 5.41) is 5.78. The normalized spacial score (nSPS) is 10.3. The zero-order valence-corrected chi connectivity index (χ0v) is 10.3. The number of fused-ring (bicyclic) bond motifs is 1. The summed E-state index contributed by atoms with van der Waals surface area (Å²) in [7, 11) is 1.99. The first-order chi connectivity index (χ1) is 7.20. The van der Waals surface area contributed by atoms with Crippen molar-refractivity contribution in [1.82, 2.24) is 9.78 Å². The molecule has 0 bridgehead atoms. The molecule has 0 atom stereocenters. The number of benzene rings is 1. The van der Waals surface area contributed by atoms with Crippen LogP contribution in [0.2, 0.25) is 0 Å². The predicted octanol–water partition coefficient (Wildman–Crippen LogP) is 3.72. The maximum absolute atomic E-state index is 4.51. The molecule has 0 saturated carbocycles. The minimum Gasteiger partial charge on any atom is -0.268 e. The number of aryl methyl sites for hydroxylation is 1. The van der Waals surface area contributed by atoms with Gasteiger partial charge in [-0.15, -0.1) is 0 Å². The third kappa shape index (κ3) is 2.20. The summed E-state index contributed by atoms with van der Waals surface area (Å²) in [5.74, 6) is 0.492. The van der Waals surface area contributed by atoms with Crippen LogP contribution in [0.5, 0.6) is 0 Å². The van der Waals surface area contributed by atoms with Crippen LogP contribution >= 0.6 is 0 Å². The van der Waals surface area contributed by atoms with Crippen molar-refractivity contribution in [2.24, 2.45) is 7.05 Å². The molecule has 1 aromatic carbocycles. The van der Waals surface area contributed by atoms with Gasteiger partial charge in [0.2, 0.25) is 0 Å². The van der Waals surface area contributed by atoms with Gasteiger partial charge in [-0.05, 0) is 12.0 Å². The first-order valence-corrected chi connectivity index (χ1v) is 5.62. The maximum atomic E-state index is 4.51. The van der Waals surface area contributed by atoms with Gasteiger partial charge in [-0.2, -0.15) is 5.10 Å². The summed E-state index contributed by atoms with van der Waals surface area (Å²) in [4.78, 5) is 0. The summed E-state index contributed by atoms with van der Waals surface area (Å²) in [6, 6.07) is 8.36. The van der Waals surface area contributed by atoms with Gasteiger partial charge < -0.3 is 0 Å². The van der Waals surface area contributed by atoms with E-state index in [0.717, 1.165) is 0 Å². The van der Waals surface area contributed by atoms with Gasteiger partial charge in [0.25, 0.3) is 0 Å². The molecule has 0 unspecified atom stereocenters. The van der Waals surface area contributed by atoms with Crippen molar-refractivity contribution < 1.29 is 0 Å². The Morgan fingerprint density at radius 1 is 1.13 bits per heavy atom. The van der Waals surface area contributed by atoms with E-state index in [9.17, 15) is 0 Å². The Kier molecular flexibility index (Phi) is 3.89. The van der Waals surface area contributed by atoms with E-state index in [1.807, 2.05) is 31.6 Å². The SMILES string of the molecule is CC.CC(C)c1nn(C)c2ccccc12. The van der Waals surface area contributed by atoms with E-state index in [1.54, 1.807) is 0 Å². The van der Waals surface area contributed by atoms with E-state index in [0.29, 0.717) is 5.92 Å². The number of rotatable bonds is 1. The van der Waals surface area contributed by atoms with Crippen LogP contribution < -0.4 is 0 Å². The van der Waals surface area contributed by atoms with E-state index < -0.39 is 0 Å². The molecule has 15 heavy (non-hydrogen) atoms. The van der Waals surface area contributed by atoms with Crippen molar-refractivity contribution >= 4 is 10.9 Å². The molecule has 2 nitrogen and oxygen atoms in total. The predicted molar refractivity (Wildman–Crippen MR) is 66.2 cm³/mol. The van der Waals surface area contributed by atoms with Gasteiger partial charge in [-0.25, -0.2) is 0 Å². The second-order valence-electron chi connectivity index (χ2n) is 3.68. The molecular weight excluding hydrogens is 184 g/mol. The topological polar surface area (TPSA) is 17.8 Å². The van der Waals surface area contributed by atoms with Crippen LogP contribution in [0.3, 0.4) is 0 Å². The van der Waals surface area contributed by atoms with Crippen molar-refractivity contribution in [2.45, 2.75) is 33.6 Å². The minimum absolute atomic E-state index is 0.492. The molecular formula is C13H20N2. The average Bonchev–Trinajstić information content (AvgIpc) is 2.60. The first-order valence-electron chi connectivity index (χ1n) is 5.62. The smallest absolute Gasteiger partial charge is 0.0728 e. The molecule has 0 fully saturated rings. The molecule has 0 N–H and O–H groups in total. The number of nitrogens with zero attached hydrogens (tertiary/aromatic N) is 2. The Balaban J connectivity index is 0.000000531. The molecule has 2 aromatic rings. The van der Waals surface area contributed by atoms with Crippen LogP contribution in [0.1, 0.15) is 39.3 Å². The van der Waals surface area contributed by atoms with E-state index in [2.05, 4.69) is 37.1 Å². The third-order valence-corrected chi connectivity index (χ3v) is 2.33. The van der Waals surface area contributed by atoms with Crippen molar-refractivity contribution in [3.63, 3.8) is 0 Å². The lowest BCUT2D eigenvalue weighted by Crippen LogP contribution is -1.92. The van der Waals surface area contributed by atoms with Gasteiger partial charge in [0.1, 0.15) is 0 Å². The molecule has 2 rings (SSSR count). The lowest BCUT2D eigenvalue weighted by atomic mass is 10.1. The highest BCUT2D eigenvalue weighted by Gasteiger charge is 2.09. The summed E-state index contributed by atoms with van der Waals surface area (Å²) in [6.45, 7) is 8.35. The Morgan fingerprint density at radius 2 is 1.73 bits per heavy atom. The van der Waals surface area contributed by atoms with Crippen LogP contribution in [0.15, 0.2) is 24.3 Å². The quantitative estimate of drug-likeness (QED) is 0.692. The molecule has 0 aliphatic heterocycles. The van der Waals surface area contributed by atoms with Gasteiger partial charge in [0.15, 0.2) is 0 Å². The lowest BCUT2D eigenvalue weighted by molar-refractivity contribution is 0.729. The molecule has 82 valence electrons. The summed E-state index contributed by atoms with van der Waals surface area (Å²) < 4.78 is 1.95. The summed E-state index contributed by atoms with van der Waals surface area (Å²) in [5.41, 5.74) is 2.41. The molecule has 1 aromatic heterocycles. The Hall–Kier alpha value is -1.31. The second-order valence-corrected chi connectivity index (χ2v) is 3.68. The fourth-order valence-electron chi connectivity index (χ4n) is 1.67. The van der Waals surface area contributed by atoms with E-state index >= 15 is 0 Å². The van der Waals surface area contributed by atoms with E-state index in [1.165, 1.54) is 16.6 Å². The molecule has 0 spiro atoms. The monoisotopic (exact) mass is 204 g/mol. The highest BCUT2D eigenvalue weighted by Crippen LogP contribution is 2.23. The van der Waals surface area contributed by atoms with Crippen molar-refractivity contribution in [3.8, 4) is 0 Å². The highest BCUT2D eigenvalue weighted by molar-refractivity contribution is 5.82. The van der Waals surface area contributed by atoms with E-state index in [-0.39, 0.29) is 0 Å². The molecule has 0 aliphatic rings. The number of hydrogen-bond donors (Lipinski definition) is 0. The molecule has 0 radical (unpaired) electrons. The van der Waals surface area contributed by atoms with Gasteiger partial charge in [-0.3, -0.25) is 4.68 Å². The summed E-state index contributed by atoms with van der Waals surface area (Å²) in [6.07, 6.45) is 0. The molecule has 0 amide bonds. The minimum atomic E-state index is 0.492. The zero-order valence-electron chi connectivity index (χ0n) is 10.3. The van der Waals surface area contributed by atoms with Crippen molar-refractivity contribution in [3.05, 3.63) is 30.0 Å². The van der Waals surface area contributed by atoms with Gasteiger partial charge in [-0.1, -0.05) is 45.9 Å². The number of para-hydroxylation sites is 1. The lowest BCUT2D eigenvalue weighted by Gasteiger charge is -1.98. The van der Waals surface area contributed by atoms with Gasteiger partial charge in [0.05, 0.1) is 11.2 Å². The van der Waals surface area contributed by atoms with Crippen LogP contribution in [0.25, 0.3) is 10.9 Å². The Bertz CT molecular complexity index is 427. The van der Waals surface area contributed by atoms with E-state index in [4.69, 9.17) is 0 Å². The Labute approximate surface area is 91.9 Å². The molecule has 2 heteroatoms. The fraction of sp³-hybridized carbons (Fsp3) is 0.462.